The Kier molecular flexibility index (Phi) is 3.99. The highest BCUT2D eigenvalue weighted by molar-refractivity contribution is 5.88. The van der Waals surface area contributed by atoms with Crippen molar-refractivity contribution < 1.29 is 14.2 Å². The molecule has 1 aromatic carbocycles. The second kappa shape index (κ2) is 6.47. The van der Waals surface area contributed by atoms with Crippen molar-refractivity contribution in [3.63, 3.8) is 0 Å². The van der Waals surface area contributed by atoms with Crippen LogP contribution in [0.1, 0.15) is 28.2 Å². The molecule has 0 bridgehead atoms. The van der Waals surface area contributed by atoms with Crippen LogP contribution in [0.2, 0.25) is 0 Å². The van der Waals surface area contributed by atoms with Gasteiger partial charge in [-0.05, 0) is 34.8 Å². The highest BCUT2D eigenvalue weighted by atomic mass is 16.6. The van der Waals surface area contributed by atoms with Gasteiger partial charge in [0.1, 0.15) is 5.69 Å². The smallest absolute Gasteiger partial charge is 0.360 e. The molecule has 10 heteroatoms. The third kappa shape index (κ3) is 2.65. The number of rotatable bonds is 4. The molecule has 0 fully saturated rings. The molecule has 2 aromatic heterocycles. The van der Waals surface area contributed by atoms with E-state index in [1.807, 2.05) is 12.1 Å². The first-order valence-corrected chi connectivity index (χ1v) is 8.13. The van der Waals surface area contributed by atoms with Crippen molar-refractivity contribution in [3.05, 3.63) is 41.2 Å². The zero-order valence-corrected chi connectivity index (χ0v) is 14.1. The Balaban J connectivity index is 1.77. The lowest BCUT2D eigenvalue weighted by atomic mass is 10.0. The van der Waals surface area contributed by atoms with Crippen LogP contribution in [0, 0.1) is 0 Å². The molecule has 2 N–H and O–H groups in total. The number of anilines is 2. The first-order chi connectivity index (χ1) is 12.7. The number of nitrogens with two attached hydrogens (primary N) is 1. The van der Waals surface area contributed by atoms with E-state index in [0.29, 0.717) is 12.2 Å². The van der Waals surface area contributed by atoms with Gasteiger partial charge in [-0.1, -0.05) is 23.4 Å². The fourth-order valence-electron chi connectivity index (χ4n) is 3.16. The number of para-hydroxylation sites is 1. The number of fused-ring (bicyclic) bond motifs is 1. The molecule has 0 saturated heterocycles. The number of carbonyl (C=O) groups excluding carboxylic acids is 1. The van der Waals surface area contributed by atoms with Crippen molar-refractivity contribution in [2.45, 2.75) is 19.4 Å². The summed E-state index contributed by atoms with van der Waals surface area (Å²) in [6.45, 7) is 1.23. The summed E-state index contributed by atoms with van der Waals surface area (Å²) in [7, 11) is 1.30. The maximum absolute atomic E-state index is 12.1. The topological polar surface area (TPSA) is 125 Å². The van der Waals surface area contributed by atoms with Crippen molar-refractivity contribution in [1.29, 1.82) is 0 Å². The molecular formula is C16H17N7O3. The minimum absolute atomic E-state index is 0.0617. The van der Waals surface area contributed by atoms with E-state index in [0.717, 1.165) is 25.1 Å². The number of benzene rings is 1. The summed E-state index contributed by atoms with van der Waals surface area (Å²) < 4.78 is 10.9. The Morgan fingerprint density at radius 3 is 2.96 bits per heavy atom. The first kappa shape index (κ1) is 16.1. The molecule has 0 spiro atoms. The van der Waals surface area contributed by atoms with Crippen LogP contribution in [0.15, 0.2) is 28.9 Å². The van der Waals surface area contributed by atoms with Gasteiger partial charge in [0.05, 0.1) is 13.7 Å². The Morgan fingerprint density at radius 2 is 2.19 bits per heavy atom. The van der Waals surface area contributed by atoms with Gasteiger partial charge < -0.3 is 15.4 Å². The van der Waals surface area contributed by atoms with Gasteiger partial charge in [-0.3, -0.25) is 0 Å². The molecule has 3 aromatic rings. The van der Waals surface area contributed by atoms with Crippen LogP contribution >= 0.6 is 0 Å². The number of nitrogens with zero attached hydrogens (tertiary/aromatic N) is 6. The minimum Gasteiger partial charge on any atom is -0.464 e. The van der Waals surface area contributed by atoms with Gasteiger partial charge in [0.25, 0.3) is 0 Å². The summed E-state index contributed by atoms with van der Waals surface area (Å²) in [5.74, 6) is -0.328. The molecule has 3 heterocycles. The van der Waals surface area contributed by atoms with Crippen LogP contribution in [0.3, 0.4) is 0 Å². The van der Waals surface area contributed by atoms with Gasteiger partial charge in [-0.15, -0.1) is 5.10 Å². The van der Waals surface area contributed by atoms with E-state index in [4.69, 9.17) is 10.5 Å². The Hall–Kier alpha value is -3.43. The Labute approximate surface area is 148 Å². The van der Waals surface area contributed by atoms with Crippen molar-refractivity contribution >= 4 is 17.5 Å². The number of ether oxygens (including phenoxy) is 1. The van der Waals surface area contributed by atoms with Crippen LogP contribution in [0.5, 0.6) is 0 Å². The molecule has 0 unspecified atom stereocenters. The van der Waals surface area contributed by atoms with Gasteiger partial charge in [0.2, 0.25) is 11.6 Å². The molecule has 134 valence electrons. The van der Waals surface area contributed by atoms with Crippen molar-refractivity contribution in [2.75, 3.05) is 24.3 Å². The molecule has 1 aliphatic rings. The fraction of sp³-hybridized carbons (Fsp3) is 0.312. The lowest BCUT2D eigenvalue weighted by Crippen LogP contribution is -2.30. The zero-order valence-electron chi connectivity index (χ0n) is 14.1. The van der Waals surface area contributed by atoms with Gasteiger partial charge in [0.15, 0.2) is 5.69 Å². The first-order valence-electron chi connectivity index (χ1n) is 8.13. The highest BCUT2D eigenvalue weighted by Crippen LogP contribution is 2.29. The molecule has 10 nitrogen and oxygen atoms in total. The number of methoxy groups -OCH3 is 1. The molecule has 0 amide bonds. The van der Waals surface area contributed by atoms with Crippen LogP contribution < -0.4 is 10.6 Å². The SMILES string of the molecule is COC(=O)c1nnn(-c2nonc2N)c1CN1CCCc2ccccc21. The molecule has 1 aliphatic heterocycles. The zero-order chi connectivity index (χ0) is 18.1. The Morgan fingerprint density at radius 1 is 1.35 bits per heavy atom. The predicted molar refractivity (Wildman–Crippen MR) is 90.8 cm³/mol. The van der Waals surface area contributed by atoms with E-state index < -0.39 is 5.97 Å². The second-order valence-electron chi connectivity index (χ2n) is 5.92. The maximum atomic E-state index is 12.1. The molecule has 0 saturated carbocycles. The summed E-state index contributed by atoms with van der Waals surface area (Å²) in [6, 6.07) is 8.19. The van der Waals surface area contributed by atoms with Gasteiger partial charge in [-0.2, -0.15) is 4.68 Å². The molecule has 26 heavy (non-hydrogen) atoms. The number of hydrogen-bond donors (Lipinski definition) is 1. The quantitative estimate of drug-likeness (QED) is 0.681. The fourth-order valence-corrected chi connectivity index (χ4v) is 3.16. The third-order valence-corrected chi connectivity index (χ3v) is 4.39. The summed E-state index contributed by atoms with van der Waals surface area (Å²) in [5.41, 5.74) is 8.79. The minimum atomic E-state index is -0.577. The second-order valence-corrected chi connectivity index (χ2v) is 5.92. The van der Waals surface area contributed by atoms with Gasteiger partial charge in [0, 0.05) is 12.2 Å². The summed E-state index contributed by atoms with van der Waals surface area (Å²) in [5, 5.41) is 15.3. The maximum Gasteiger partial charge on any atom is 0.360 e. The van der Waals surface area contributed by atoms with Crippen LogP contribution in [0.25, 0.3) is 5.82 Å². The molecular weight excluding hydrogens is 338 g/mol. The molecule has 4 rings (SSSR count). The summed E-state index contributed by atoms with van der Waals surface area (Å²) >= 11 is 0. The lowest BCUT2D eigenvalue weighted by Gasteiger charge is -2.31. The molecule has 0 radical (unpaired) electrons. The molecule has 0 aliphatic carbocycles. The summed E-state index contributed by atoms with van der Waals surface area (Å²) in [4.78, 5) is 14.3. The van der Waals surface area contributed by atoms with Gasteiger partial charge >= 0.3 is 5.97 Å². The largest absolute Gasteiger partial charge is 0.464 e. The van der Waals surface area contributed by atoms with Crippen molar-refractivity contribution in [3.8, 4) is 5.82 Å². The third-order valence-electron chi connectivity index (χ3n) is 4.39. The van der Waals surface area contributed by atoms with E-state index in [1.165, 1.54) is 17.4 Å². The number of carbonyl (C=O) groups is 1. The van der Waals surface area contributed by atoms with Crippen LogP contribution in [-0.2, 0) is 17.7 Å². The number of esters is 1. The van der Waals surface area contributed by atoms with Crippen LogP contribution in [-0.4, -0.2) is 44.9 Å². The van der Waals surface area contributed by atoms with Crippen molar-refractivity contribution in [1.82, 2.24) is 25.3 Å². The number of aryl methyl sites for hydroxylation is 1. The molecule has 0 atom stereocenters. The number of hydrogen-bond acceptors (Lipinski definition) is 9. The van der Waals surface area contributed by atoms with Gasteiger partial charge in [-0.25, -0.2) is 9.42 Å². The predicted octanol–water partition coefficient (Wildman–Crippen LogP) is 0.972. The monoisotopic (exact) mass is 355 g/mol. The average molecular weight is 355 g/mol. The van der Waals surface area contributed by atoms with E-state index >= 15 is 0 Å². The average Bonchev–Trinajstić information content (AvgIpc) is 3.27. The van der Waals surface area contributed by atoms with E-state index in [1.54, 1.807) is 0 Å². The lowest BCUT2D eigenvalue weighted by molar-refractivity contribution is 0.0592. The summed E-state index contributed by atoms with van der Waals surface area (Å²) in [6.07, 6.45) is 2.04. The van der Waals surface area contributed by atoms with Crippen molar-refractivity contribution in [2.24, 2.45) is 0 Å². The van der Waals surface area contributed by atoms with E-state index in [2.05, 4.69) is 42.3 Å². The number of nitrogen functional groups attached to an aromatic ring is 1. The highest BCUT2D eigenvalue weighted by Gasteiger charge is 2.27. The van der Waals surface area contributed by atoms with E-state index in [9.17, 15) is 4.79 Å². The number of aromatic nitrogens is 5. The van der Waals surface area contributed by atoms with Crippen LogP contribution in [0.4, 0.5) is 11.5 Å². The standard InChI is InChI=1S/C16H17N7O3/c1-25-16(24)13-12(23(21-18-13)15-14(17)19-26-20-15)9-22-8-4-6-10-5-2-3-7-11(10)22/h2-3,5,7H,4,6,8-9H2,1H3,(H2,17,19). The normalized spacial score (nSPS) is 13.5. The Bertz CT molecular complexity index is 949. The van der Waals surface area contributed by atoms with E-state index in [-0.39, 0.29) is 17.3 Å².